The van der Waals surface area contributed by atoms with Crippen molar-refractivity contribution in [2.75, 3.05) is 6.79 Å². The third-order valence-electron chi connectivity index (χ3n) is 2.66. The molecule has 0 atom stereocenters. The highest BCUT2D eigenvalue weighted by molar-refractivity contribution is 9.10. The molecule has 0 fully saturated rings. The van der Waals surface area contributed by atoms with Crippen molar-refractivity contribution in [3.8, 4) is 11.5 Å². The van der Waals surface area contributed by atoms with Crippen LogP contribution in [0, 0.1) is 0 Å². The van der Waals surface area contributed by atoms with E-state index in [-0.39, 0.29) is 6.79 Å². The summed E-state index contributed by atoms with van der Waals surface area (Å²) in [5, 5.41) is 3.31. The third kappa shape index (κ3) is 2.34. The minimum absolute atomic E-state index is 0.289. The number of rotatable bonds is 4. The second kappa shape index (κ2) is 4.99. The fourth-order valence-corrected chi connectivity index (χ4v) is 2.45. The molecular formula is C12H12BrN3O2. The second-order valence-corrected chi connectivity index (χ2v) is 4.81. The summed E-state index contributed by atoms with van der Waals surface area (Å²) in [7, 11) is 0. The molecule has 0 aliphatic carbocycles. The van der Waals surface area contributed by atoms with E-state index in [1.54, 1.807) is 6.20 Å². The van der Waals surface area contributed by atoms with Crippen molar-refractivity contribution < 1.29 is 9.47 Å². The molecule has 0 unspecified atom stereocenters. The zero-order chi connectivity index (χ0) is 12.4. The molecule has 1 aromatic carbocycles. The van der Waals surface area contributed by atoms with Gasteiger partial charge in [-0.2, -0.15) is 0 Å². The summed E-state index contributed by atoms with van der Waals surface area (Å²) in [6.07, 6.45) is 3.56. The maximum Gasteiger partial charge on any atom is 0.231 e. The van der Waals surface area contributed by atoms with Crippen LogP contribution in [0.3, 0.4) is 0 Å². The first kappa shape index (κ1) is 11.6. The van der Waals surface area contributed by atoms with Crippen molar-refractivity contribution >= 4 is 15.9 Å². The van der Waals surface area contributed by atoms with Gasteiger partial charge in [-0.15, -0.1) is 0 Å². The van der Waals surface area contributed by atoms with Crippen LogP contribution in [0.2, 0.25) is 0 Å². The van der Waals surface area contributed by atoms with Crippen LogP contribution in [0.1, 0.15) is 11.4 Å². The maximum atomic E-state index is 5.37. The van der Waals surface area contributed by atoms with Gasteiger partial charge in [-0.25, -0.2) is 4.98 Å². The Morgan fingerprint density at radius 3 is 3.11 bits per heavy atom. The molecule has 18 heavy (non-hydrogen) atoms. The minimum Gasteiger partial charge on any atom is -0.454 e. The van der Waals surface area contributed by atoms with Gasteiger partial charge in [0.25, 0.3) is 0 Å². The molecule has 2 heterocycles. The molecule has 2 N–H and O–H groups in total. The predicted octanol–water partition coefficient (Wildman–Crippen LogP) is 2.19. The number of nitrogens with one attached hydrogen (secondary N) is 2. The Hall–Kier alpha value is -1.53. The van der Waals surface area contributed by atoms with Gasteiger partial charge in [0.1, 0.15) is 5.82 Å². The van der Waals surface area contributed by atoms with Gasteiger partial charge in [-0.05, 0) is 33.6 Å². The number of aromatic amines is 1. The summed E-state index contributed by atoms with van der Waals surface area (Å²) in [5.74, 6) is 2.50. The molecule has 5 nitrogen and oxygen atoms in total. The molecule has 1 aliphatic rings. The highest BCUT2D eigenvalue weighted by Crippen LogP contribution is 2.39. The van der Waals surface area contributed by atoms with E-state index in [1.807, 2.05) is 18.3 Å². The average molecular weight is 310 g/mol. The van der Waals surface area contributed by atoms with Crippen molar-refractivity contribution in [3.05, 3.63) is 40.4 Å². The zero-order valence-corrected chi connectivity index (χ0v) is 11.2. The Balaban J connectivity index is 1.65. The summed E-state index contributed by atoms with van der Waals surface area (Å²) in [6, 6.07) is 4.02. The van der Waals surface area contributed by atoms with Gasteiger partial charge in [0, 0.05) is 18.9 Å². The maximum absolute atomic E-state index is 5.37. The van der Waals surface area contributed by atoms with Crippen molar-refractivity contribution in [1.82, 2.24) is 15.3 Å². The number of fused-ring (bicyclic) bond motifs is 1. The van der Waals surface area contributed by atoms with Crippen molar-refractivity contribution in [2.45, 2.75) is 13.1 Å². The van der Waals surface area contributed by atoms with Gasteiger partial charge >= 0.3 is 0 Å². The molecule has 0 amide bonds. The molecule has 0 saturated heterocycles. The molecule has 1 aliphatic heterocycles. The number of H-pyrrole nitrogens is 1. The van der Waals surface area contributed by atoms with E-state index in [0.29, 0.717) is 6.54 Å². The summed E-state index contributed by atoms with van der Waals surface area (Å²) in [5.41, 5.74) is 1.14. The lowest BCUT2D eigenvalue weighted by Gasteiger charge is -2.06. The predicted molar refractivity (Wildman–Crippen MR) is 69.4 cm³/mol. The number of hydrogen-bond acceptors (Lipinski definition) is 4. The van der Waals surface area contributed by atoms with Crippen molar-refractivity contribution in [1.29, 1.82) is 0 Å². The lowest BCUT2D eigenvalue weighted by atomic mass is 10.2. The fourth-order valence-electron chi connectivity index (χ4n) is 1.84. The van der Waals surface area contributed by atoms with Crippen LogP contribution in [0.4, 0.5) is 0 Å². The van der Waals surface area contributed by atoms with Crippen LogP contribution < -0.4 is 14.8 Å². The molecule has 0 spiro atoms. The van der Waals surface area contributed by atoms with Crippen molar-refractivity contribution in [2.24, 2.45) is 0 Å². The first-order chi connectivity index (χ1) is 8.83. The number of ether oxygens (including phenoxy) is 2. The topological polar surface area (TPSA) is 59.2 Å². The van der Waals surface area contributed by atoms with E-state index >= 15 is 0 Å². The number of hydrogen-bond donors (Lipinski definition) is 2. The molecule has 0 saturated carbocycles. The number of imidazole rings is 1. The van der Waals surface area contributed by atoms with E-state index in [1.165, 1.54) is 0 Å². The van der Waals surface area contributed by atoms with Crippen LogP contribution >= 0.6 is 15.9 Å². The van der Waals surface area contributed by atoms with Gasteiger partial charge in [0.2, 0.25) is 6.79 Å². The van der Waals surface area contributed by atoms with Crippen LogP contribution in [0.15, 0.2) is 29.0 Å². The van der Waals surface area contributed by atoms with Gasteiger partial charge in [0.15, 0.2) is 11.5 Å². The summed E-state index contributed by atoms with van der Waals surface area (Å²) in [6.45, 7) is 1.74. The number of aromatic nitrogens is 2. The molecule has 3 rings (SSSR count). The van der Waals surface area contributed by atoms with Crippen LogP contribution in [0.5, 0.6) is 11.5 Å². The monoisotopic (exact) mass is 309 g/mol. The van der Waals surface area contributed by atoms with Crippen LogP contribution in [-0.2, 0) is 13.1 Å². The van der Waals surface area contributed by atoms with Gasteiger partial charge in [0.05, 0.1) is 11.0 Å². The fraction of sp³-hybridized carbons (Fsp3) is 0.250. The van der Waals surface area contributed by atoms with Crippen LogP contribution in [-0.4, -0.2) is 16.8 Å². The van der Waals surface area contributed by atoms with Crippen LogP contribution in [0.25, 0.3) is 0 Å². The zero-order valence-electron chi connectivity index (χ0n) is 9.57. The van der Waals surface area contributed by atoms with E-state index in [2.05, 4.69) is 31.2 Å². The molecule has 6 heteroatoms. The first-order valence-electron chi connectivity index (χ1n) is 5.60. The Labute approximate surface area is 113 Å². The summed E-state index contributed by atoms with van der Waals surface area (Å²) >= 11 is 3.48. The molecule has 94 valence electrons. The number of halogens is 1. The Bertz CT molecular complexity index is 543. The third-order valence-corrected chi connectivity index (χ3v) is 3.25. The molecule has 0 bridgehead atoms. The van der Waals surface area contributed by atoms with E-state index in [9.17, 15) is 0 Å². The highest BCUT2D eigenvalue weighted by atomic mass is 79.9. The van der Waals surface area contributed by atoms with Gasteiger partial charge < -0.3 is 19.8 Å². The molecule has 2 aromatic rings. The van der Waals surface area contributed by atoms with E-state index in [0.717, 1.165) is 33.9 Å². The number of nitrogens with zero attached hydrogens (tertiary/aromatic N) is 1. The average Bonchev–Trinajstić information content (AvgIpc) is 2.99. The highest BCUT2D eigenvalue weighted by Gasteiger charge is 2.17. The van der Waals surface area contributed by atoms with E-state index < -0.39 is 0 Å². The summed E-state index contributed by atoms with van der Waals surface area (Å²) in [4.78, 5) is 7.20. The Kier molecular flexibility index (Phi) is 3.21. The Morgan fingerprint density at radius 1 is 1.33 bits per heavy atom. The largest absolute Gasteiger partial charge is 0.454 e. The molecule has 0 radical (unpaired) electrons. The lowest BCUT2D eigenvalue weighted by Crippen LogP contribution is -2.13. The standard InChI is InChI=1S/C12H12BrN3O2/c13-9-3-8(4-10-12(9)18-7-17-10)5-14-6-11-15-1-2-16-11/h1-4,14H,5-7H2,(H,15,16). The van der Waals surface area contributed by atoms with Crippen molar-refractivity contribution in [3.63, 3.8) is 0 Å². The normalized spacial score (nSPS) is 12.9. The Morgan fingerprint density at radius 2 is 2.28 bits per heavy atom. The first-order valence-corrected chi connectivity index (χ1v) is 6.39. The summed E-state index contributed by atoms with van der Waals surface area (Å²) < 4.78 is 11.6. The smallest absolute Gasteiger partial charge is 0.231 e. The lowest BCUT2D eigenvalue weighted by molar-refractivity contribution is 0.173. The quantitative estimate of drug-likeness (QED) is 0.909. The second-order valence-electron chi connectivity index (χ2n) is 3.95. The van der Waals surface area contributed by atoms with Gasteiger partial charge in [-0.1, -0.05) is 0 Å². The van der Waals surface area contributed by atoms with Gasteiger partial charge in [-0.3, -0.25) is 0 Å². The minimum atomic E-state index is 0.289. The van der Waals surface area contributed by atoms with E-state index in [4.69, 9.17) is 9.47 Å². The SMILES string of the molecule is Brc1cc(CNCc2ncc[nH]2)cc2c1OCO2. The molecule has 1 aromatic heterocycles. The number of benzene rings is 1. The molecular weight excluding hydrogens is 298 g/mol.